The quantitative estimate of drug-likeness (QED) is 0.296. The number of H-pyrrole nitrogens is 1. The molecule has 6 heterocycles. The van der Waals surface area contributed by atoms with Gasteiger partial charge in [0.2, 0.25) is 5.91 Å². The van der Waals surface area contributed by atoms with Crippen LogP contribution in [0.25, 0.3) is 22.0 Å². The molecule has 1 amide bonds. The molecule has 2 aromatic heterocycles. The molecule has 0 atom stereocenters. The average Bonchev–Trinajstić information content (AvgIpc) is 3.68. The minimum Gasteiger partial charge on any atom is -0.350 e. The largest absolute Gasteiger partial charge is 0.350 e. The fourth-order valence-electron chi connectivity index (χ4n) is 8.69. The molecule has 8 nitrogen and oxygen atoms in total. The summed E-state index contributed by atoms with van der Waals surface area (Å²) in [6.07, 6.45) is 10.2. The molecule has 1 aliphatic carbocycles. The number of likely N-dealkylation sites (tertiary alicyclic amines) is 2. The van der Waals surface area contributed by atoms with Gasteiger partial charge in [0.05, 0.1) is 27.8 Å². The zero-order chi connectivity index (χ0) is 31.7. The minimum atomic E-state index is -0.0143. The molecular formula is C34H45Cl2N7OS. The molecule has 0 radical (unpaired) electrons. The molecule has 0 bridgehead atoms. The summed E-state index contributed by atoms with van der Waals surface area (Å²) < 4.78 is 2.21. The lowest BCUT2D eigenvalue weighted by molar-refractivity contribution is -0.149. The van der Waals surface area contributed by atoms with Gasteiger partial charge in [-0.1, -0.05) is 29.8 Å². The Morgan fingerprint density at radius 3 is 2.51 bits per heavy atom. The Labute approximate surface area is 280 Å². The highest BCUT2D eigenvalue weighted by Gasteiger charge is 2.54. The highest BCUT2D eigenvalue weighted by atomic mass is 35.5. The number of amides is 1. The molecular weight excluding hydrogens is 625 g/mol. The molecule has 1 saturated carbocycles. The summed E-state index contributed by atoms with van der Waals surface area (Å²) in [6, 6.07) is 2.13. The molecule has 0 unspecified atom stereocenters. The van der Waals surface area contributed by atoms with Gasteiger partial charge in [-0.15, -0.1) is 0 Å². The van der Waals surface area contributed by atoms with E-state index in [0.717, 1.165) is 84.3 Å². The van der Waals surface area contributed by atoms with Gasteiger partial charge in [0, 0.05) is 77.1 Å². The molecule has 242 valence electrons. The molecule has 4 saturated heterocycles. The molecule has 3 aromatic rings. The smallest absolute Gasteiger partial charge is 0.245 e. The number of nitrogens with one attached hydrogen (secondary N) is 1. The minimum absolute atomic E-state index is 0.0143. The van der Waals surface area contributed by atoms with Crippen LogP contribution in [0.1, 0.15) is 64.1 Å². The van der Waals surface area contributed by atoms with Crippen molar-refractivity contribution in [3.63, 3.8) is 0 Å². The van der Waals surface area contributed by atoms with E-state index in [4.69, 9.17) is 28.3 Å². The highest BCUT2D eigenvalue weighted by Crippen LogP contribution is 2.56. The number of anilines is 1. The van der Waals surface area contributed by atoms with E-state index in [-0.39, 0.29) is 16.9 Å². The summed E-state index contributed by atoms with van der Waals surface area (Å²) >= 11 is 15.7. The summed E-state index contributed by atoms with van der Waals surface area (Å²) in [5, 5.41) is 14.6. The number of aromatic nitrogens is 4. The standard InChI is InChI=1S/C27H32Cl2N6O.C7H13NS/c1-5-21(36)33-14-27(15-33)11-17(12-27)35-16(2)22(25(32-35)34-9-7-6-8-26(34,3)4)23-18-13-30-31-20(18)10-19(28)24(23)29;1-8-4-7(5-8)2-3-9-6-7/h5,10,13,17H,1,6-9,11-12,14-15H2,2-4H3,(H,30,31);2-6H2,1H3. The van der Waals surface area contributed by atoms with Crippen LogP contribution in [0.3, 0.4) is 0 Å². The van der Waals surface area contributed by atoms with Crippen molar-refractivity contribution >= 4 is 57.6 Å². The van der Waals surface area contributed by atoms with Gasteiger partial charge in [0.15, 0.2) is 5.82 Å². The monoisotopic (exact) mass is 669 g/mol. The zero-order valence-corrected chi connectivity index (χ0v) is 29.3. The number of nitrogens with zero attached hydrogens (tertiary/aromatic N) is 6. The van der Waals surface area contributed by atoms with Crippen LogP contribution < -0.4 is 4.90 Å². The second-order valence-electron chi connectivity index (χ2n) is 15.0. The molecule has 8 rings (SSSR count). The van der Waals surface area contributed by atoms with Crippen molar-refractivity contribution in [3.8, 4) is 11.1 Å². The lowest BCUT2D eigenvalue weighted by Gasteiger charge is -2.58. The number of benzene rings is 1. The molecule has 1 N–H and O–H groups in total. The topological polar surface area (TPSA) is 73.3 Å². The number of halogens is 2. The first-order valence-electron chi connectivity index (χ1n) is 16.3. The Hall–Kier alpha value is -2.20. The fourth-order valence-corrected chi connectivity index (χ4v) is 10.6. The molecule has 4 aliphatic heterocycles. The van der Waals surface area contributed by atoms with E-state index in [2.05, 4.69) is 70.8 Å². The van der Waals surface area contributed by atoms with Crippen molar-refractivity contribution in [2.24, 2.45) is 10.8 Å². The van der Waals surface area contributed by atoms with Gasteiger partial charge in [-0.25, -0.2) is 0 Å². The summed E-state index contributed by atoms with van der Waals surface area (Å²) in [6.45, 7) is 15.7. The van der Waals surface area contributed by atoms with Crippen molar-refractivity contribution in [1.29, 1.82) is 0 Å². The van der Waals surface area contributed by atoms with Crippen LogP contribution in [0, 0.1) is 17.8 Å². The van der Waals surface area contributed by atoms with E-state index < -0.39 is 0 Å². The van der Waals surface area contributed by atoms with Crippen LogP contribution in [-0.2, 0) is 4.79 Å². The van der Waals surface area contributed by atoms with Gasteiger partial charge in [-0.3, -0.25) is 14.6 Å². The van der Waals surface area contributed by atoms with Crippen LogP contribution in [-0.4, -0.2) is 92.5 Å². The number of hydrogen-bond acceptors (Lipinski definition) is 6. The van der Waals surface area contributed by atoms with Gasteiger partial charge >= 0.3 is 0 Å². The lowest BCUT2D eigenvalue weighted by atomic mass is 9.60. The van der Waals surface area contributed by atoms with Gasteiger partial charge in [0.1, 0.15) is 0 Å². The number of thioether (sulfide) groups is 1. The van der Waals surface area contributed by atoms with Crippen LogP contribution in [0.15, 0.2) is 24.9 Å². The lowest BCUT2D eigenvalue weighted by Crippen LogP contribution is -2.63. The molecule has 11 heteroatoms. The first-order chi connectivity index (χ1) is 21.4. The Morgan fingerprint density at radius 1 is 1.11 bits per heavy atom. The maximum atomic E-state index is 12.0. The average molecular weight is 671 g/mol. The normalized spacial score (nSPS) is 23.4. The van der Waals surface area contributed by atoms with Gasteiger partial charge in [-0.2, -0.15) is 22.0 Å². The third kappa shape index (κ3) is 5.39. The van der Waals surface area contributed by atoms with Gasteiger partial charge in [-0.05, 0) is 84.2 Å². The van der Waals surface area contributed by atoms with Crippen molar-refractivity contribution < 1.29 is 4.79 Å². The Morgan fingerprint density at radius 2 is 1.87 bits per heavy atom. The van der Waals surface area contributed by atoms with Crippen molar-refractivity contribution in [2.45, 2.75) is 70.9 Å². The van der Waals surface area contributed by atoms with E-state index in [9.17, 15) is 4.79 Å². The molecule has 1 aromatic carbocycles. The number of fused-ring (bicyclic) bond motifs is 1. The number of hydrogen-bond donors (Lipinski definition) is 1. The first-order valence-corrected chi connectivity index (χ1v) is 18.2. The van der Waals surface area contributed by atoms with E-state index in [1.54, 1.807) is 0 Å². The van der Waals surface area contributed by atoms with E-state index in [1.807, 2.05) is 17.2 Å². The second kappa shape index (κ2) is 11.5. The second-order valence-corrected chi connectivity index (χ2v) is 16.9. The fraction of sp³-hybridized carbons (Fsp3) is 0.618. The van der Waals surface area contributed by atoms with Crippen molar-refractivity contribution in [2.75, 3.05) is 56.2 Å². The summed E-state index contributed by atoms with van der Waals surface area (Å²) in [5.74, 6) is 3.84. The van der Waals surface area contributed by atoms with Gasteiger partial charge < -0.3 is 14.7 Å². The van der Waals surface area contributed by atoms with E-state index in [1.165, 1.54) is 43.5 Å². The number of carbonyl (C=O) groups excluding carboxylic acids is 1. The van der Waals surface area contributed by atoms with Crippen molar-refractivity contribution in [1.82, 2.24) is 29.8 Å². The summed E-state index contributed by atoms with van der Waals surface area (Å²) in [5.41, 5.74) is 4.86. The first kappa shape index (κ1) is 31.4. The zero-order valence-electron chi connectivity index (χ0n) is 27.0. The Balaban J connectivity index is 0.000000308. The third-order valence-corrected chi connectivity index (χ3v) is 13.1. The molecule has 45 heavy (non-hydrogen) atoms. The van der Waals surface area contributed by atoms with E-state index >= 15 is 0 Å². The Bertz CT molecular complexity index is 1620. The van der Waals surface area contributed by atoms with Crippen molar-refractivity contribution in [3.05, 3.63) is 40.7 Å². The van der Waals surface area contributed by atoms with Gasteiger partial charge in [0.25, 0.3) is 0 Å². The third-order valence-electron chi connectivity index (χ3n) is 11.0. The van der Waals surface area contributed by atoms with Crippen LogP contribution in [0.5, 0.6) is 0 Å². The van der Waals surface area contributed by atoms with Crippen LogP contribution in [0.2, 0.25) is 10.0 Å². The maximum Gasteiger partial charge on any atom is 0.245 e. The van der Waals surface area contributed by atoms with Crippen LogP contribution >= 0.6 is 35.0 Å². The van der Waals surface area contributed by atoms with E-state index in [0.29, 0.717) is 16.1 Å². The number of piperidine rings is 1. The maximum absolute atomic E-state index is 12.0. The number of rotatable bonds is 4. The molecule has 5 fully saturated rings. The molecule has 2 spiro atoms. The number of aromatic amines is 1. The number of carbonyl (C=O) groups is 1. The van der Waals surface area contributed by atoms with Crippen LogP contribution in [0.4, 0.5) is 5.82 Å². The SMILES string of the molecule is C=CC(=O)N1CC2(CC(n3nc(N4CCCCC4(C)C)c(-c4c(Cl)c(Cl)cc5[nH]ncc45)c3C)C2)C1.CN1CC2(CCSC2)C1. The summed E-state index contributed by atoms with van der Waals surface area (Å²) in [7, 11) is 2.22. The summed E-state index contributed by atoms with van der Waals surface area (Å²) in [4.78, 5) is 18.7. The molecule has 5 aliphatic rings. The Kier molecular flexibility index (Phi) is 8.02. The highest BCUT2D eigenvalue weighted by molar-refractivity contribution is 7.99. The predicted octanol–water partition coefficient (Wildman–Crippen LogP) is 7.22. The predicted molar refractivity (Wildman–Crippen MR) is 187 cm³/mol.